The Bertz CT molecular complexity index is 1220. The van der Waals surface area contributed by atoms with Crippen molar-refractivity contribution in [3.63, 3.8) is 0 Å². The van der Waals surface area contributed by atoms with Gasteiger partial charge < -0.3 is 5.32 Å². The summed E-state index contributed by atoms with van der Waals surface area (Å²) in [5.41, 5.74) is 0.792. The number of benzene rings is 2. The lowest BCUT2D eigenvalue weighted by molar-refractivity contribution is -0.121. The summed E-state index contributed by atoms with van der Waals surface area (Å²) in [5.74, 6) is -0.614. The maximum atomic E-state index is 12.9. The number of imide groups is 1. The van der Waals surface area contributed by atoms with E-state index in [9.17, 15) is 18.0 Å². The van der Waals surface area contributed by atoms with E-state index < -0.39 is 9.84 Å². The maximum Gasteiger partial charge on any atom is 0.234 e. The predicted molar refractivity (Wildman–Crippen MR) is 115 cm³/mol. The minimum absolute atomic E-state index is 0.0250. The highest BCUT2D eigenvalue weighted by molar-refractivity contribution is 8.02. The maximum absolute atomic E-state index is 12.9. The standard InChI is InChI=1S/C21H16N4O4S2/c1-30-21(14(12-22)13-23)24-15-2-6-17(7-3-15)31(28,29)18-8-4-16(5-9-18)25-19(26)10-11-20(25)27/h2-9,24H,10-11H2,1H3. The Morgan fingerprint density at radius 1 is 0.935 bits per heavy atom. The van der Waals surface area contributed by atoms with Gasteiger partial charge in [-0.3, -0.25) is 14.5 Å². The van der Waals surface area contributed by atoms with Crippen LogP contribution >= 0.6 is 11.8 Å². The number of nitrogens with one attached hydrogen (secondary N) is 1. The molecule has 0 saturated carbocycles. The summed E-state index contributed by atoms with van der Waals surface area (Å²) in [4.78, 5) is 24.8. The molecule has 0 spiro atoms. The summed E-state index contributed by atoms with van der Waals surface area (Å²) in [6.45, 7) is 0. The minimum Gasteiger partial charge on any atom is -0.349 e. The van der Waals surface area contributed by atoms with E-state index in [0.29, 0.717) is 16.4 Å². The van der Waals surface area contributed by atoms with Gasteiger partial charge in [0.25, 0.3) is 0 Å². The molecule has 0 aromatic heterocycles. The molecule has 1 N–H and O–H groups in total. The Morgan fingerprint density at radius 3 is 1.87 bits per heavy atom. The van der Waals surface area contributed by atoms with Gasteiger partial charge in [-0.05, 0) is 54.8 Å². The van der Waals surface area contributed by atoms with Crippen molar-refractivity contribution in [3.05, 3.63) is 59.1 Å². The first-order chi connectivity index (χ1) is 14.8. The van der Waals surface area contributed by atoms with Crippen molar-refractivity contribution in [1.29, 1.82) is 10.5 Å². The molecule has 156 valence electrons. The number of anilines is 2. The largest absolute Gasteiger partial charge is 0.349 e. The fourth-order valence-electron chi connectivity index (χ4n) is 2.97. The molecular formula is C21H16N4O4S2. The lowest BCUT2D eigenvalue weighted by Crippen LogP contribution is -2.28. The average molecular weight is 453 g/mol. The number of amides is 2. The molecule has 1 aliphatic rings. The summed E-state index contributed by atoms with van der Waals surface area (Å²) in [5, 5.41) is 21.3. The van der Waals surface area contributed by atoms with Gasteiger partial charge in [-0.1, -0.05) is 0 Å². The zero-order valence-corrected chi connectivity index (χ0v) is 18.0. The van der Waals surface area contributed by atoms with Gasteiger partial charge in [-0.2, -0.15) is 10.5 Å². The molecular weight excluding hydrogens is 436 g/mol. The van der Waals surface area contributed by atoms with Crippen LogP contribution in [0.2, 0.25) is 0 Å². The molecule has 0 aliphatic carbocycles. The molecule has 0 bridgehead atoms. The number of hydrogen-bond donors (Lipinski definition) is 1. The number of thioether (sulfide) groups is 1. The monoisotopic (exact) mass is 452 g/mol. The van der Waals surface area contributed by atoms with Crippen LogP contribution in [-0.4, -0.2) is 26.5 Å². The number of carbonyl (C=O) groups excluding carboxylic acids is 2. The Kier molecular flexibility index (Phi) is 6.44. The highest BCUT2D eigenvalue weighted by Gasteiger charge is 2.30. The molecule has 2 amide bonds. The number of allylic oxidation sites excluding steroid dienone is 1. The van der Waals surface area contributed by atoms with Crippen molar-refractivity contribution in [3.8, 4) is 12.1 Å². The van der Waals surface area contributed by atoms with Gasteiger partial charge in [0.1, 0.15) is 17.2 Å². The summed E-state index contributed by atoms with van der Waals surface area (Å²) in [6.07, 6.45) is 2.01. The first-order valence-electron chi connectivity index (χ1n) is 8.98. The molecule has 2 aromatic carbocycles. The second-order valence-electron chi connectivity index (χ2n) is 6.40. The van der Waals surface area contributed by atoms with Crippen molar-refractivity contribution in [2.45, 2.75) is 22.6 Å². The summed E-state index contributed by atoms with van der Waals surface area (Å²) in [6, 6.07) is 15.1. The Hall–Kier alpha value is -3.60. The van der Waals surface area contributed by atoms with Crippen molar-refractivity contribution < 1.29 is 18.0 Å². The molecule has 0 radical (unpaired) electrons. The van der Waals surface area contributed by atoms with E-state index in [1.54, 1.807) is 18.4 Å². The first kappa shape index (κ1) is 22.1. The molecule has 1 aliphatic heterocycles. The SMILES string of the molecule is CSC(Nc1ccc(S(=O)(=O)c2ccc(N3C(=O)CCC3=O)cc2)cc1)=C(C#N)C#N. The van der Waals surface area contributed by atoms with Crippen LogP contribution in [0.15, 0.2) is 68.9 Å². The van der Waals surface area contributed by atoms with Crippen molar-refractivity contribution >= 4 is 44.8 Å². The third-order valence-electron chi connectivity index (χ3n) is 4.53. The van der Waals surface area contributed by atoms with E-state index in [0.717, 1.165) is 4.90 Å². The van der Waals surface area contributed by atoms with Gasteiger partial charge in [0, 0.05) is 18.5 Å². The Morgan fingerprint density at radius 2 is 1.42 bits per heavy atom. The van der Waals surface area contributed by atoms with Crippen LogP contribution in [0.5, 0.6) is 0 Å². The van der Waals surface area contributed by atoms with Gasteiger partial charge in [-0.25, -0.2) is 8.42 Å². The molecule has 0 atom stereocenters. The lowest BCUT2D eigenvalue weighted by Gasteiger charge is -2.14. The van der Waals surface area contributed by atoms with Crippen LogP contribution in [0.25, 0.3) is 0 Å². The summed E-state index contributed by atoms with van der Waals surface area (Å²) in [7, 11) is -3.82. The van der Waals surface area contributed by atoms with Gasteiger partial charge in [0.15, 0.2) is 5.57 Å². The summed E-state index contributed by atoms with van der Waals surface area (Å²) >= 11 is 1.19. The molecule has 2 aromatic rings. The summed E-state index contributed by atoms with van der Waals surface area (Å²) < 4.78 is 25.8. The fourth-order valence-corrected chi connectivity index (χ4v) is 4.74. The van der Waals surface area contributed by atoms with Gasteiger partial charge in [-0.15, -0.1) is 11.8 Å². The highest BCUT2D eigenvalue weighted by Crippen LogP contribution is 2.28. The molecule has 1 fully saturated rings. The lowest BCUT2D eigenvalue weighted by atomic mass is 10.3. The second kappa shape index (κ2) is 9.04. The van der Waals surface area contributed by atoms with Gasteiger partial charge >= 0.3 is 0 Å². The topological polar surface area (TPSA) is 131 Å². The van der Waals surface area contributed by atoms with E-state index in [1.165, 1.54) is 60.3 Å². The van der Waals surface area contributed by atoms with Crippen LogP contribution in [0.1, 0.15) is 12.8 Å². The van der Waals surface area contributed by atoms with Crippen LogP contribution in [-0.2, 0) is 19.4 Å². The second-order valence-corrected chi connectivity index (χ2v) is 9.17. The van der Waals surface area contributed by atoms with Crippen LogP contribution in [0.3, 0.4) is 0 Å². The zero-order chi connectivity index (χ0) is 22.6. The van der Waals surface area contributed by atoms with Crippen molar-refractivity contribution in [2.75, 3.05) is 16.5 Å². The molecule has 1 saturated heterocycles. The number of rotatable bonds is 6. The zero-order valence-electron chi connectivity index (χ0n) is 16.3. The number of carbonyl (C=O) groups is 2. The van der Waals surface area contributed by atoms with Crippen LogP contribution < -0.4 is 10.2 Å². The van der Waals surface area contributed by atoms with E-state index in [1.807, 2.05) is 0 Å². The smallest absolute Gasteiger partial charge is 0.234 e. The third kappa shape index (κ3) is 4.45. The number of nitrogens with zero attached hydrogens (tertiary/aromatic N) is 3. The predicted octanol–water partition coefficient (Wildman–Crippen LogP) is 3.21. The third-order valence-corrected chi connectivity index (χ3v) is 7.03. The Labute approximate surface area is 183 Å². The van der Waals surface area contributed by atoms with Gasteiger partial charge in [0.2, 0.25) is 21.7 Å². The van der Waals surface area contributed by atoms with Crippen LogP contribution in [0.4, 0.5) is 11.4 Å². The molecule has 0 unspecified atom stereocenters. The number of nitriles is 2. The van der Waals surface area contributed by atoms with Crippen LogP contribution in [0, 0.1) is 22.7 Å². The van der Waals surface area contributed by atoms with E-state index >= 15 is 0 Å². The van der Waals surface area contributed by atoms with Gasteiger partial charge in [0.05, 0.1) is 15.5 Å². The first-order valence-corrected chi connectivity index (χ1v) is 11.7. The molecule has 3 rings (SSSR count). The van der Waals surface area contributed by atoms with Crippen molar-refractivity contribution in [2.24, 2.45) is 0 Å². The highest BCUT2D eigenvalue weighted by atomic mass is 32.2. The molecule has 10 heteroatoms. The fraction of sp³-hybridized carbons (Fsp3) is 0.143. The number of sulfone groups is 1. The molecule has 1 heterocycles. The minimum atomic E-state index is -3.82. The number of hydrogen-bond acceptors (Lipinski definition) is 8. The van der Waals surface area contributed by atoms with E-state index in [-0.39, 0.29) is 40.0 Å². The van der Waals surface area contributed by atoms with E-state index in [2.05, 4.69) is 5.32 Å². The van der Waals surface area contributed by atoms with Crippen molar-refractivity contribution in [1.82, 2.24) is 0 Å². The quantitative estimate of drug-likeness (QED) is 0.522. The molecule has 31 heavy (non-hydrogen) atoms. The van der Waals surface area contributed by atoms with E-state index in [4.69, 9.17) is 10.5 Å². The Balaban J connectivity index is 1.84. The normalized spacial score (nSPS) is 13.5. The average Bonchev–Trinajstić information content (AvgIpc) is 3.12. The molecule has 8 nitrogen and oxygen atoms in total.